The van der Waals surface area contributed by atoms with E-state index in [1.807, 2.05) is 0 Å². The van der Waals surface area contributed by atoms with E-state index in [4.69, 9.17) is 0 Å². The number of hydrogen-bond donors (Lipinski definition) is 0. The maximum absolute atomic E-state index is 2.94. The van der Waals surface area contributed by atoms with Gasteiger partial charge in [0.05, 0.1) is 0 Å². The minimum Gasteiger partial charge on any atom is -0.244 e. The fraction of sp³-hybridized carbons (Fsp3) is 1.00. The second kappa shape index (κ2) is 10.2. The van der Waals surface area contributed by atoms with Gasteiger partial charge in [0, 0.05) is 105 Å². The minimum atomic E-state index is 0.541. The molecule has 3 nitrogen and oxygen atoms in total. The largest absolute Gasteiger partial charge is 0.244 e. The molecule has 0 radical (unpaired) electrons. The maximum atomic E-state index is 2.94. The molecule has 3 aliphatic heterocycles. The molecule has 0 aromatic carbocycles. The predicted molar refractivity (Wildman–Crippen MR) is 172 cm³/mol. The van der Waals surface area contributed by atoms with E-state index in [2.05, 4.69) is 113 Å². The molecule has 3 unspecified atom stereocenters. The molecule has 6 fully saturated rings. The van der Waals surface area contributed by atoms with Crippen molar-refractivity contribution in [1.82, 2.24) is 9.34 Å². The summed E-state index contributed by atoms with van der Waals surface area (Å²) < 4.78 is 8.51. The standard InChI is InChI=1S/C29H48I3N3/c1-16(2)26-24-25(29(24,4)5)28(35(26)32)17(3)27-21-11-7-6-10-20(21)23(34(27)31)14-13-22-19-12-8-9-18(19)15-33(22)30/h16-28H,6-15H2,1-5H3/t17?,18-,19-,20+,21-,22+,23?,24-,25+,26+,27+,28?/m1/s1. The molecule has 6 rings (SSSR count). The summed E-state index contributed by atoms with van der Waals surface area (Å²) in [4.78, 5) is 0. The van der Waals surface area contributed by atoms with Gasteiger partial charge in [-0.2, -0.15) is 0 Å². The average Bonchev–Trinajstić information content (AvgIpc) is 3.29. The first-order valence-electron chi connectivity index (χ1n) is 14.9. The molecular weight excluding hydrogens is 771 g/mol. The molecule has 3 heterocycles. The topological polar surface area (TPSA) is 9.72 Å². The smallest absolute Gasteiger partial charge is 0.0275 e. The van der Waals surface area contributed by atoms with Gasteiger partial charge in [-0.25, -0.2) is 9.34 Å². The van der Waals surface area contributed by atoms with Crippen LogP contribution in [0.4, 0.5) is 0 Å². The lowest BCUT2D eigenvalue weighted by molar-refractivity contribution is 0.125. The third kappa shape index (κ3) is 4.35. The molecule has 6 aliphatic rings. The van der Waals surface area contributed by atoms with E-state index in [9.17, 15) is 0 Å². The predicted octanol–water partition coefficient (Wildman–Crippen LogP) is 8.39. The summed E-state index contributed by atoms with van der Waals surface area (Å²) in [7, 11) is 0. The van der Waals surface area contributed by atoms with Crippen molar-refractivity contribution in [3.8, 4) is 0 Å². The molecule has 12 atom stereocenters. The van der Waals surface area contributed by atoms with Gasteiger partial charge >= 0.3 is 0 Å². The molecule has 6 heteroatoms. The van der Waals surface area contributed by atoms with Crippen molar-refractivity contribution in [1.29, 1.82) is 0 Å². The van der Waals surface area contributed by atoms with Crippen LogP contribution in [-0.4, -0.2) is 46.1 Å². The third-order valence-electron chi connectivity index (χ3n) is 12.2. The Kier molecular flexibility index (Phi) is 7.91. The number of hydrogen-bond acceptors (Lipinski definition) is 3. The Hall–Kier alpha value is 2.07. The first kappa shape index (κ1) is 27.3. The van der Waals surface area contributed by atoms with Crippen molar-refractivity contribution in [3.05, 3.63) is 0 Å². The van der Waals surface area contributed by atoms with Gasteiger partial charge in [-0.1, -0.05) is 53.9 Å². The van der Waals surface area contributed by atoms with Crippen LogP contribution in [0.1, 0.15) is 92.4 Å². The lowest BCUT2D eigenvalue weighted by Gasteiger charge is -2.42. The summed E-state index contributed by atoms with van der Waals surface area (Å²) in [5.74, 6) is 7.22. The number of nitrogens with zero attached hydrogens (tertiary/aromatic N) is 3. The van der Waals surface area contributed by atoms with E-state index in [1.165, 1.54) is 64.3 Å². The molecule has 0 spiro atoms. The second-order valence-corrected chi connectivity index (χ2v) is 17.9. The first-order chi connectivity index (χ1) is 16.6. The fourth-order valence-electron chi connectivity index (χ4n) is 10.7. The Labute approximate surface area is 257 Å². The molecule has 3 aliphatic carbocycles. The molecule has 0 aromatic rings. The van der Waals surface area contributed by atoms with Gasteiger partial charge in [-0.05, 0) is 91.3 Å². The van der Waals surface area contributed by atoms with Crippen LogP contribution in [0.5, 0.6) is 0 Å². The highest BCUT2D eigenvalue weighted by atomic mass is 127. The van der Waals surface area contributed by atoms with Crippen LogP contribution in [0, 0.1) is 52.8 Å². The van der Waals surface area contributed by atoms with Crippen molar-refractivity contribution in [2.75, 3.05) is 6.54 Å². The number of piperidine rings is 1. The van der Waals surface area contributed by atoms with Crippen LogP contribution in [0.2, 0.25) is 0 Å². The molecule has 200 valence electrons. The van der Waals surface area contributed by atoms with Crippen LogP contribution in [-0.2, 0) is 0 Å². The van der Waals surface area contributed by atoms with E-state index in [0.29, 0.717) is 5.41 Å². The SMILES string of the molecule is CC(C1[C@@H]2[C@H]([C@H](C(C)C)N1I)C2(C)C)[C@H]1[C@@H]2CCCC[C@@H]2C(CC[C@H]2[C@@H]3CCC[C@@H]3CN2I)N1I. The minimum absolute atomic E-state index is 0.541. The van der Waals surface area contributed by atoms with Crippen molar-refractivity contribution in [3.63, 3.8) is 0 Å². The molecule has 3 saturated carbocycles. The fourth-order valence-corrected chi connectivity index (χ4v) is 15.3. The summed E-state index contributed by atoms with van der Waals surface area (Å²) in [6.07, 6.45) is 13.3. The number of rotatable bonds is 6. The van der Waals surface area contributed by atoms with Crippen molar-refractivity contribution >= 4 is 68.6 Å². The molecule has 35 heavy (non-hydrogen) atoms. The van der Waals surface area contributed by atoms with E-state index in [1.54, 1.807) is 0 Å². The Morgan fingerprint density at radius 1 is 0.714 bits per heavy atom. The van der Waals surface area contributed by atoms with Gasteiger partial charge in [0.25, 0.3) is 0 Å². The summed E-state index contributed by atoms with van der Waals surface area (Å²) in [5, 5.41) is 0. The normalized spacial score (nSPS) is 50.5. The van der Waals surface area contributed by atoms with E-state index in [-0.39, 0.29) is 0 Å². The monoisotopic (exact) mass is 819 g/mol. The number of fused-ring (bicyclic) bond motifs is 3. The molecule has 0 N–H and O–H groups in total. The van der Waals surface area contributed by atoms with E-state index in [0.717, 1.165) is 77.6 Å². The molecule has 3 saturated heterocycles. The van der Waals surface area contributed by atoms with Crippen LogP contribution in [0.15, 0.2) is 0 Å². The highest BCUT2D eigenvalue weighted by Crippen LogP contribution is 2.71. The first-order valence-corrected chi connectivity index (χ1v) is 17.8. The van der Waals surface area contributed by atoms with Gasteiger partial charge in [-0.3, -0.25) is 0 Å². The molecule has 0 amide bonds. The highest BCUT2D eigenvalue weighted by Gasteiger charge is 2.72. The summed E-state index contributed by atoms with van der Waals surface area (Å²) in [6.45, 7) is 14.1. The van der Waals surface area contributed by atoms with Gasteiger partial charge in [0.1, 0.15) is 0 Å². The van der Waals surface area contributed by atoms with Crippen molar-refractivity contribution < 1.29 is 0 Å². The zero-order valence-electron chi connectivity index (χ0n) is 22.6. The second-order valence-electron chi connectivity index (χ2n) is 14.4. The van der Waals surface area contributed by atoms with E-state index >= 15 is 0 Å². The van der Waals surface area contributed by atoms with Gasteiger partial charge < -0.3 is 0 Å². The Morgan fingerprint density at radius 2 is 1.34 bits per heavy atom. The maximum Gasteiger partial charge on any atom is 0.0275 e. The van der Waals surface area contributed by atoms with Gasteiger partial charge in [0.2, 0.25) is 0 Å². The number of halogens is 3. The van der Waals surface area contributed by atoms with Crippen molar-refractivity contribution in [2.24, 2.45) is 52.8 Å². The Bertz CT molecular complexity index is 791. The van der Waals surface area contributed by atoms with E-state index < -0.39 is 0 Å². The Morgan fingerprint density at radius 3 is 2.03 bits per heavy atom. The summed E-state index contributed by atoms with van der Waals surface area (Å²) >= 11 is 8.28. The third-order valence-corrected chi connectivity index (χ3v) is 16.0. The summed E-state index contributed by atoms with van der Waals surface area (Å²) in [5.41, 5.74) is 0.541. The quantitative estimate of drug-likeness (QED) is 0.197. The van der Waals surface area contributed by atoms with Crippen LogP contribution >= 0.6 is 68.6 Å². The zero-order chi connectivity index (χ0) is 24.8. The lowest BCUT2D eigenvalue weighted by Crippen LogP contribution is -2.48. The van der Waals surface area contributed by atoms with Crippen LogP contribution in [0.25, 0.3) is 0 Å². The van der Waals surface area contributed by atoms with Crippen molar-refractivity contribution in [2.45, 2.75) is 123 Å². The average molecular weight is 819 g/mol. The van der Waals surface area contributed by atoms with Crippen LogP contribution < -0.4 is 0 Å². The zero-order valence-corrected chi connectivity index (χ0v) is 29.0. The van der Waals surface area contributed by atoms with Gasteiger partial charge in [-0.15, -0.1) is 0 Å². The molecule has 0 aromatic heterocycles. The van der Waals surface area contributed by atoms with Gasteiger partial charge in [0.15, 0.2) is 0 Å². The summed E-state index contributed by atoms with van der Waals surface area (Å²) in [6, 6.07) is 3.96. The Balaban J connectivity index is 1.20. The molecular formula is C29H48I3N3. The lowest BCUT2D eigenvalue weighted by atomic mass is 9.71. The van der Waals surface area contributed by atoms with Crippen LogP contribution in [0.3, 0.4) is 0 Å². The molecule has 0 bridgehead atoms. The highest BCUT2D eigenvalue weighted by molar-refractivity contribution is 14.1.